The number of fused-ring (bicyclic) bond motifs is 1. The van der Waals surface area contributed by atoms with E-state index < -0.39 is 0 Å². The lowest BCUT2D eigenvalue weighted by Crippen LogP contribution is -1.84. The van der Waals surface area contributed by atoms with Gasteiger partial charge in [-0.2, -0.15) is 12.6 Å². The minimum atomic E-state index is 0.912. The van der Waals surface area contributed by atoms with Gasteiger partial charge in [-0.25, -0.2) is 0 Å². The topological polar surface area (TPSA) is 15.8 Å². The second-order valence-corrected chi connectivity index (χ2v) is 3.79. The highest BCUT2D eigenvalue weighted by molar-refractivity contribution is 7.80. The van der Waals surface area contributed by atoms with Crippen molar-refractivity contribution in [2.45, 2.75) is 13.3 Å². The van der Waals surface area contributed by atoms with Crippen LogP contribution in [0.3, 0.4) is 0 Å². The molecule has 0 saturated heterocycles. The molecule has 0 unspecified atom stereocenters. The van der Waals surface area contributed by atoms with Gasteiger partial charge in [-0.1, -0.05) is 6.07 Å². The Morgan fingerprint density at radius 2 is 2.15 bits per heavy atom. The fourth-order valence-electron chi connectivity index (χ4n) is 1.61. The third kappa shape index (κ3) is 1.73. The summed E-state index contributed by atoms with van der Waals surface area (Å²) in [5, 5.41) is 1.30. The highest BCUT2D eigenvalue weighted by atomic mass is 32.1. The molecular weight excluding hydrogens is 178 g/mol. The van der Waals surface area contributed by atoms with Crippen LogP contribution in [-0.2, 0) is 6.42 Å². The van der Waals surface area contributed by atoms with E-state index >= 15 is 0 Å². The first kappa shape index (κ1) is 8.70. The molecule has 0 aliphatic carbocycles. The van der Waals surface area contributed by atoms with Crippen molar-refractivity contribution >= 4 is 23.5 Å². The number of H-pyrrole nitrogens is 1. The maximum atomic E-state index is 4.22. The average molecular weight is 191 g/mol. The second kappa shape index (κ2) is 3.46. The molecule has 1 heterocycles. The lowest BCUT2D eigenvalue weighted by molar-refractivity contribution is 1.17. The molecule has 0 fully saturated rings. The van der Waals surface area contributed by atoms with Crippen LogP contribution in [0.5, 0.6) is 0 Å². The lowest BCUT2D eigenvalue weighted by Gasteiger charge is -1.97. The minimum Gasteiger partial charge on any atom is -0.359 e. The van der Waals surface area contributed by atoms with Crippen molar-refractivity contribution in [2.24, 2.45) is 0 Å². The van der Waals surface area contributed by atoms with Crippen molar-refractivity contribution in [3.8, 4) is 0 Å². The molecule has 2 heteroatoms. The molecule has 0 aliphatic rings. The predicted octanol–water partition coefficient (Wildman–Crippen LogP) is 2.95. The van der Waals surface area contributed by atoms with Crippen molar-refractivity contribution in [1.29, 1.82) is 0 Å². The molecule has 1 N–H and O–H groups in total. The van der Waals surface area contributed by atoms with Gasteiger partial charge in [0.15, 0.2) is 0 Å². The van der Waals surface area contributed by atoms with Crippen molar-refractivity contribution < 1.29 is 0 Å². The number of aryl methyl sites for hydroxylation is 2. The van der Waals surface area contributed by atoms with E-state index in [1.165, 1.54) is 22.2 Å². The van der Waals surface area contributed by atoms with Gasteiger partial charge >= 0.3 is 0 Å². The zero-order chi connectivity index (χ0) is 9.26. The van der Waals surface area contributed by atoms with Gasteiger partial charge in [0.25, 0.3) is 0 Å². The molecule has 2 rings (SSSR count). The molecule has 13 heavy (non-hydrogen) atoms. The number of hydrogen-bond acceptors (Lipinski definition) is 1. The van der Waals surface area contributed by atoms with Gasteiger partial charge in [0.1, 0.15) is 0 Å². The van der Waals surface area contributed by atoms with Crippen molar-refractivity contribution in [3.05, 3.63) is 35.5 Å². The van der Waals surface area contributed by atoms with E-state index in [4.69, 9.17) is 0 Å². The molecule has 2 aromatic rings. The molecule has 0 bridgehead atoms. The summed E-state index contributed by atoms with van der Waals surface area (Å²) in [4.78, 5) is 3.31. The third-order valence-electron chi connectivity index (χ3n) is 2.22. The molecule has 0 saturated carbocycles. The fourth-order valence-corrected chi connectivity index (χ4v) is 1.87. The minimum absolute atomic E-state index is 0.912. The summed E-state index contributed by atoms with van der Waals surface area (Å²) >= 11 is 4.22. The van der Waals surface area contributed by atoms with Crippen LogP contribution in [0.4, 0.5) is 0 Å². The first-order valence-corrected chi connectivity index (χ1v) is 5.12. The molecule has 1 nitrogen and oxygen atoms in total. The molecule has 68 valence electrons. The van der Waals surface area contributed by atoms with Crippen LogP contribution in [0.2, 0.25) is 0 Å². The van der Waals surface area contributed by atoms with E-state index in [0.29, 0.717) is 0 Å². The maximum Gasteiger partial charge on any atom is 0.0456 e. The van der Waals surface area contributed by atoms with Crippen LogP contribution >= 0.6 is 12.6 Å². The fraction of sp³-hybridized carbons (Fsp3) is 0.273. The first-order chi connectivity index (χ1) is 6.29. The van der Waals surface area contributed by atoms with Crippen LogP contribution in [-0.4, -0.2) is 10.7 Å². The smallest absolute Gasteiger partial charge is 0.0456 e. The van der Waals surface area contributed by atoms with Gasteiger partial charge in [0.2, 0.25) is 0 Å². The monoisotopic (exact) mass is 191 g/mol. The molecule has 1 aromatic heterocycles. The Morgan fingerprint density at radius 1 is 1.31 bits per heavy atom. The molecule has 0 spiro atoms. The van der Waals surface area contributed by atoms with E-state index in [1.54, 1.807) is 0 Å². The Morgan fingerprint density at radius 3 is 2.92 bits per heavy atom. The van der Waals surface area contributed by atoms with Crippen LogP contribution in [0, 0.1) is 6.92 Å². The summed E-state index contributed by atoms with van der Waals surface area (Å²) in [6.45, 7) is 2.08. The predicted molar refractivity (Wildman–Crippen MR) is 60.6 cm³/mol. The van der Waals surface area contributed by atoms with Gasteiger partial charge in [-0.3, -0.25) is 0 Å². The number of nitrogens with one attached hydrogen (secondary N) is 1. The molecule has 0 amide bonds. The van der Waals surface area contributed by atoms with Crippen LogP contribution in [0.25, 0.3) is 10.9 Å². The first-order valence-electron chi connectivity index (χ1n) is 4.49. The van der Waals surface area contributed by atoms with Gasteiger partial charge in [-0.15, -0.1) is 0 Å². The summed E-state index contributed by atoms with van der Waals surface area (Å²) in [5.74, 6) is 0.912. The highest BCUT2D eigenvalue weighted by Crippen LogP contribution is 2.17. The SMILES string of the molecule is Cc1cc2cc(CCS)ccc2[nH]1. The van der Waals surface area contributed by atoms with Crippen LogP contribution in [0.15, 0.2) is 24.3 Å². The zero-order valence-corrected chi connectivity index (χ0v) is 8.57. The molecule has 0 aliphatic heterocycles. The third-order valence-corrected chi connectivity index (χ3v) is 2.44. The van der Waals surface area contributed by atoms with Gasteiger partial charge in [-0.05, 0) is 48.2 Å². The van der Waals surface area contributed by atoms with Crippen molar-refractivity contribution in [1.82, 2.24) is 4.98 Å². The Bertz CT molecular complexity index is 417. The second-order valence-electron chi connectivity index (χ2n) is 3.35. The molecular formula is C11H13NS. The molecule has 0 atom stereocenters. The van der Waals surface area contributed by atoms with Gasteiger partial charge < -0.3 is 4.98 Å². The lowest BCUT2D eigenvalue weighted by atomic mass is 10.1. The van der Waals surface area contributed by atoms with E-state index in [1.807, 2.05) is 0 Å². The summed E-state index contributed by atoms with van der Waals surface area (Å²) in [6.07, 6.45) is 1.04. The van der Waals surface area contributed by atoms with Crippen molar-refractivity contribution in [3.63, 3.8) is 0 Å². The van der Waals surface area contributed by atoms with Gasteiger partial charge in [0.05, 0.1) is 0 Å². The number of benzene rings is 1. The van der Waals surface area contributed by atoms with Crippen LogP contribution < -0.4 is 0 Å². The van der Waals surface area contributed by atoms with Crippen molar-refractivity contribution in [2.75, 3.05) is 5.75 Å². The Hall–Kier alpha value is -0.890. The standard InChI is InChI=1S/C11H13NS/c1-8-6-10-7-9(4-5-13)2-3-11(10)12-8/h2-3,6-7,12-13H,4-5H2,1H3. The summed E-state index contributed by atoms with van der Waals surface area (Å²) in [5.41, 5.74) is 3.81. The number of thiol groups is 1. The Balaban J connectivity index is 2.48. The average Bonchev–Trinajstić information content (AvgIpc) is 2.44. The largest absolute Gasteiger partial charge is 0.359 e. The quantitative estimate of drug-likeness (QED) is 0.679. The normalized spacial score (nSPS) is 10.9. The summed E-state index contributed by atoms with van der Waals surface area (Å²) in [7, 11) is 0. The van der Waals surface area contributed by atoms with E-state index in [9.17, 15) is 0 Å². The highest BCUT2D eigenvalue weighted by Gasteiger charge is 1.98. The molecule has 1 aromatic carbocycles. The van der Waals surface area contributed by atoms with E-state index in [-0.39, 0.29) is 0 Å². The Labute approximate surface area is 83.6 Å². The number of aromatic nitrogens is 1. The number of rotatable bonds is 2. The summed E-state index contributed by atoms with van der Waals surface area (Å²) < 4.78 is 0. The maximum absolute atomic E-state index is 4.22. The van der Waals surface area contributed by atoms with Crippen LogP contribution in [0.1, 0.15) is 11.3 Å². The number of hydrogen-bond donors (Lipinski definition) is 2. The Kier molecular flexibility index (Phi) is 2.32. The number of aromatic amines is 1. The van der Waals surface area contributed by atoms with E-state index in [0.717, 1.165) is 12.2 Å². The van der Waals surface area contributed by atoms with E-state index in [2.05, 4.69) is 48.8 Å². The summed E-state index contributed by atoms with van der Waals surface area (Å²) in [6, 6.07) is 8.71. The van der Waals surface area contributed by atoms with Gasteiger partial charge in [0, 0.05) is 11.2 Å². The zero-order valence-electron chi connectivity index (χ0n) is 7.67. The molecule has 0 radical (unpaired) electrons.